The Hall–Kier alpha value is -1.84. The molecule has 0 amide bonds. The Morgan fingerprint density at radius 2 is 2.06 bits per heavy atom. The first kappa shape index (κ1) is 11.3. The highest BCUT2D eigenvalue weighted by molar-refractivity contribution is 5.42. The van der Waals surface area contributed by atoms with E-state index in [1.165, 1.54) is 18.5 Å². The third-order valence-corrected chi connectivity index (χ3v) is 3.18. The minimum Gasteiger partial charge on any atom is -0.385 e. The number of nitrogens with zero attached hydrogens (tertiary/aromatic N) is 2. The number of hydrogen-bond acceptors (Lipinski definition) is 3. The molecule has 0 saturated heterocycles. The third-order valence-electron chi connectivity index (χ3n) is 3.18. The molecule has 3 rings (SSSR count). The van der Waals surface area contributed by atoms with Crippen molar-refractivity contribution in [3.63, 3.8) is 0 Å². The van der Waals surface area contributed by atoms with E-state index in [1.54, 1.807) is 0 Å². The molecular weight excluding hydrogens is 224 g/mol. The molecule has 0 radical (unpaired) electrons. The fourth-order valence-electron chi connectivity index (χ4n) is 1.99. The number of aryl methyl sites for hydroxylation is 1. The summed E-state index contributed by atoms with van der Waals surface area (Å²) in [6.07, 6.45) is 4.54. The SMILES string of the molecule is c1ccc(NCCCc2nc(C3CC3)n[nH]2)cc1. The van der Waals surface area contributed by atoms with Gasteiger partial charge >= 0.3 is 0 Å². The first-order valence-corrected chi connectivity index (χ1v) is 6.62. The topological polar surface area (TPSA) is 53.6 Å². The van der Waals surface area contributed by atoms with Crippen molar-refractivity contribution in [2.45, 2.75) is 31.6 Å². The van der Waals surface area contributed by atoms with Crippen LogP contribution in [-0.4, -0.2) is 21.7 Å². The van der Waals surface area contributed by atoms with Crippen molar-refractivity contribution in [3.8, 4) is 0 Å². The van der Waals surface area contributed by atoms with Crippen LogP contribution in [0.5, 0.6) is 0 Å². The van der Waals surface area contributed by atoms with Crippen LogP contribution in [0.2, 0.25) is 0 Å². The van der Waals surface area contributed by atoms with Crippen molar-refractivity contribution in [3.05, 3.63) is 42.0 Å². The number of nitrogens with one attached hydrogen (secondary N) is 2. The smallest absolute Gasteiger partial charge is 0.153 e. The Bertz CT molecular complexity index is 488. The van der Waals surface area contributed by atoms with E-state index < -0.39 is 0 Å². The van der Waals surface area contributed by atoms with Gasteiger partial charge in [0.1, 0.15) is 5.82 Å². The largest absolute Gasteiger partial charge is 0.385 e. The summed E-state index contributed by atoms with van der Waals surface area (Å²) in [7, 11) is 0. The molecule has 1 heterocycles. The van der Waals surface area contributed by atoms with Crippen LogP contribution in [0.4, 0.5) is 5.69 Å². The lowest BCUT2D eigenvalue weighted by Crippen LogP contribution is -2.03. The van der Waals surface area contributed by atoms with Crippen molar-refractivity contribution >= 4 is 5.69 Å². The van der Waals surface area contributed by atoms with Gasteiger partial charge in [0, 0.05) is 24.6 Å². The summed E-state index contributed by atoms with van der Waals surface area (Å²) in [4.78, 5) is 4.52. The molecule has 1 aromatic heterocycles. The van der Waals surface area contributed by atoms with Gasteiger partial charge < -0.3 is 5.32 Å². The molecule has 1 saturated carbocycles. The van der Waals surface area contributed by atoms with Gasteiger partial charge in [0.15, 0.2) is 5.82 Å². The highest BCUT2D eigenvalue weighted by atomic mass is 15.2. The van der Waals surface area contributed by atoms with Gasteiger partial charge in [0.05, 0.1) is 0 Å². The predicted molar refractivity (Wildman–Crippen MR) is 71.6 cm³/mol. The van der Waals surface area contributed by atoms with Gasteiger partial charge in [-0.3, -0.25) is 5.10 Å². The van der Waals surface area contributed by atoms with E-state index in [9.17, 15) is 0 Å². The average molecular weight is 242 g/mol. The molecule has 2 aromatic rings. The van der Waals surface area contributed by atoms with Crippen LogP contribution in [0.1, 0.15) is 36.8 Å². The predicted octanol–water partition coefficient (Wildman–Crippen LogP) is 2.73. The number of H-pyrrole nitrogens is 1. The maximum atomic E-state index is 4.52. The van der Waals surface area contributed by atoms with Crippen molar-refractivity contribution in [1.29, 1.82) is 0 Å². The van der Waals surface area contributed by atoms with Crippen LogP contribution >= 0.6 is 0 Å². The van der Waals surface area contributed by atoms with Gasteiger partial charge in [-0.05, 0) is 31.4 Å². The summed E-state index contributed by atoms with van der Waals surface area (Å²) in [5, 5.41) is 10.7. The van der Waals surface area contributed by atoms with Crippen molar-refractivity contribution in [1.82, 2.24) is 15.2 Å². The molecule has 1 aromatic carbocycles. The zero-order chi connectivity index (χ0) is 12.2. The lowest BCUT2D eigenvalue weighted by molar-refractivity contribution is 0.805. The monoisotopic (exact) mass is 242 g/mol. The summed E-state index contributed by atoms with van der Waals surface area (Å²) in [5.74, 6) is 2.67. The molecule has 0 aliphatic heterocycles. The molecule has 1 fully saturated rings. The highest BCUT2D eigenvalue weighted by Gasteiger charge is 2.27. The molecule has 18 heavy (non-hydrogen) atoms. The molecule has 0 unspecified atom stereocenters. The minimum atomic E-state index is 0.637. The van der Waals surface area contributed by atoms with E-state index in [1.807, 2.05) is 18.2 Å². The van der Waals surface area contributed by atoms with Gasteiger partial charge in [0.25, 0.3) is 0 Å². The van der Waals surface area contributed by atoms with Crippen molar-refractivity contribution in [2.75, 3.05) is 11.9 Å². The van der Waals surface area contributed by atoms with E-state index in [2.05, 4.69) is 32.6 Å². The van der Waals surface area contributed by atoms with E-state index in [0.717, 1.165) is 31.0 Å². The second-order valence-electron chi connectivity index (χ2n) is 4.81. The summed E-state index contributed by atoms with van der Waals surface area (Å²) in [6.45, 7) is 0.962. The number of anilines is 1. The van der Waals surface area contributed by atoms with Gasteiger partial charge in [-0.25, -0.2) is 4.98 Å². The summed E-state index contributed by atoms with van der Waals surface area (Å²) in [5.41, 5.74) is 1.17. The molecule has 4 nitrogen and oxygen atoms in total. The van der Waals surface area contributed by atoms with Gasteiger partial charge in [-0.15, -0.1) is 0 Å². The zero-order valence-electron chi connectivity index (χ0n) is 10.4. The van der Waals surface area contributed by atoms with E-state index in [4.69, 9.17) is 0 Å². The Labute approximate surface area is 107 Å². The number of aromatic nitrogens is 3. The maximum Gasteiger partial charge on any atom is 0.153 e. The van der Waals surface area contributed by atoms with E-state index in [-0.39, 0.29) is 0 Å². The molecule has 0 atom stereocenters. The number of rotatable bonds is 6. The van der Waals surface area contributed by atoms with Crippen LogP contribution < -0.4 is 5.32 Å². The lowest BCUT2D eigenvalue weighted by Gasteiger charge is -2.04. The van der Waals surface area contributed by atoms with E-state index >= 15 is 0 Å². The average Bonchev–Trinajstić information content (AvgIpc) is 3.16. The fraction of sp³-hybridized carbons (Fsp3) is 0.429. The number of para-hydroxylation sites is 1. The van der Waals surface area contributed by atoms with Crippen molar-refractivity contribution < 1.29 is 0 Å². The first-order valence-electron chi connectivity index (χ1n) is 6.62. The summed E-state index contributed by atoms with van der Waals surface area (Å²) in [6, 6.07) is 10.3. The Balaban J connectivity index is 1.41. The molecule has 1 aliphatic rings. The molecule has 94 valence electrons. The molecule has 0 bridgehead atoms. The Morgan fingerprint density at radius 3 is 2.83 bits per heavy atom. The second-order valence-corrected chi connectivity index (χ2v) is 4.81. The van der Waals surface area contributed by atoms with Gasteiger partial charge in [-0.2, -0.15) is 5.10 Å². The number of benzene rings is 1. The fourth-order valence-corrected chi connectivity index (χ4v) is 1.99. The first-order chi connectivity index (χ1) is 8.92. The minimum absolute atomic E-state index is 0.637. The van der Waals surface area contributed by atoms with Crippen LogP contribution in [0, 0.1) is 0 Å². The number of hydrogen-bond donors (Lipinski definition) is 2. The highest BCUT2D eigenvalue weighted by Crippen LogP contribution is 2.37. The van der Waals surface area contributed by atoms with Crippen LogP contribution in [0.3, 0.4) is 0 Å². The quantitative estimate of drug-likeness (QED) is 0.766. The standard InChI is InChI=1S/C14H18N4/c1-2-5-12(6-3-1)15-10-4-7-13-16-14(18-17-13)11-8-9-11/h1-3,5-6,11,15H,4,7-10H2,(H,16,17,18). The normalized spacial score (nSPS) is 14.7. The van der Waals surface area contributed by atoms with Crippen LogP contribution in [0.25, 0.3) is 0 Å². The Morgan fingerprint density at radius 1 is 1.22 bits per heavy atom. The van der Waals surface area contributed by atoms with Crippen LogP contribution in [-0.2, 0) is 6.42 Å². The number of aromatic amines is 1. The summed E-state index contributed by atoms with van der Waals surface area (Å²) >= 11 is 0. The molecule has 4 heteroatoms. The zero-order valence-corrected chi connectivity index (χ0v) is 10.4. The Kier molecular flexibility index (Phi) is 3.26. The molecule has 1 aliphatic carbocycles. The molecular formula is C14H18N4. The second kappa shape index (κ2) is 5.21. The van der Waals surface area contributed by atoms with Gasteiger partial charge in [-0.1, -0.05) is 18.2 Å². The molecule has 2 N–H and O–H groups in total. The summed E-state index contributed by atoms with van der Waals surface area (Å²) < 4.78 is 0. The maximum absolute atomic E-state index is 4.52. The lowest BCUT2D eigenvalue weighted by atomic mass is 10.2. The van der Waals surface area contributed by atoms with E-state index in [0.29, 0.717) is 5.92 Å². The molecule has 0 spiro atoms. The van der Waals surface area contributed by atoms with Crippen molar-refractivity contribution in [2.24, 2.45) is 0 Å². The third kappa shape index (κ3) is 2.88. The van der Waals surface area contributed by atoms with Crippen LogP contribution in [0.15, 0.2) is 30.3 Å². The van der Waals surface area contributed by atoms with Gasteiger partial charge in [0.2, 0.25) is 0 Å².